The average Bonchev–Trinajstić information content (AvgIpc) is 2.66. The van der Waals surface area contributed by atoms with E-state index in [-0.39, 0.29) is 0 Å². The van der Waals surface area contributed by atoms with Crippen LogP contribution in [0.25, 0.3) is 5.70 Å². The molecule has 0 aromatic heterocycles. The van der Waals surface area contributed by atoms with Gasteiger partial charge in [0.25, 0.3) is 0 Å². The molecule has 3 rings (SSSR count). The van der Waals surface area contributed by atoms with Crippen LogP contribution in [-0.4, -0.2) is 56.1 Å². The summed E-state index contributed by atoms with van der Waals surface area (Å²) in [4.78, 5) is 6.75. The van der Waals surface area contributed by atoms with E-state index in [1.165, 1.54) is 12.8 Å². The Hall–Kier alpha value is -2.05. The summed E-state index contributed by atoms with van der Waals surface area (Å²) < 4.78 is 5.86. The van der Waals surface area contributed by atoms with Crippen LogP contribution in [0, 0.1) is 0 Å². The minimum Gasteiger partial charge on any atom is -0.492 e. The lowest BCUT2D eigenvalue weighted by atomic mass is 10.0. The Balaban J connectivity index is 1.75. The van der Waals surface area contributed by atoms with Crippen molar-refractivity contribution < 1.29 is 4.74 Å². The van der Waals surface area contributed by atoms with Crippen molar-refractivity contribution in [2.45, 2.75) is 25.8 Å². The third-order valence-corrected chi connectivity index (χ3v) is 4.63. The fourth-order valence-corrected chi connectivity index (χ4v) is 3.35. The maximum Gasteiger partial charge on any atom is 0.120 e. The van der Waals surface area contributed by atoms with Gasteiger partial charge in [-0.15, -0.1) is 0 Å². The molecule has 2 aliphatic rings. The van der Waals surface area contributed by atoms with Gasteiger partial charge in [-0.25, -0.2) is 4.99 Å². The SMILES string of the molecule is CCNCCOc1cccc(C2=CN=C(N)CN2[C@H]2CCCNC2)c1. The van der Waals surface area contributed by atoms with E-state index in [0.717, 1.165) is 43.2 Å². The molecule has 0 spiro atoms. The lowest BCUT2D eigenvalue weighted by molar-refractivity contribution is 0.264. The minimum atomic E-state index is 0.451. The molecule has 1 saturated heterocycles. The second kappa shape index (κ2) is 8.87. The van der Waals surface area contributed by atoms with Crippen LogP contribution in [0.15, 0.2) is 35.5 Å². The van der Waals surface area contributed by atoms with Crippen LogP contribution in [0.1, 0.15) is 25.3 Å². The Morgan fingerprint density at radius 1 is 1.44 bits per heavy atom. The van der Waals surface area contributed by atoms with Gasteiger partial charge in [-0.3, -0.25) is 0 Å². The van der Waals surface area contributed by atoms with Crippen LogP contribution in [0.3, 0.4) is 0 Å². The highest BCUT2D eigenvalue weighted by Gasteiger charge is 2.26. The van der Waals surface area contributed by atoms with Crippen molar-refractivity contribution in [3.05, 3.63) is 36.0 Å². The van der Waals surface area contributed by atoms with Crippen molar-refractivity contribution in [1.82, 2.24) is 15.5 Å². The summed E-state index contributed by atoms with van der Waals surface area (Å²) in [6.45, 7) is 7.34. The van der Waals surface area contributed by atoms with Gasteiger partial charge in [0.05, 0.1) is 18.4 Å². The van der Waals surface area contributed by atoms with Crippen molar-refractivity contribution in [1.29, 1.82) is 0 Å². The van der Waals surface area contributed by atoms with Gasteiger partial charge in [-0.2, -0.15) is 0 Å². The zero-order valence-electron chi connectivity index (χ0n) is 15.0. The Bertz CT molecular complexity index is 622. The van der Waals surface area contributed by atoms with Crippen molar-refractivity contribution in [2.24, 2.45) is 10.7 Å². The number of hydrogen-bond donors (Lipinski definition) is 3. The molecule has 6 nitrogen and oxygen atoms in total. The molecule has 1 atom stereocenters. The number of nitrogens with zero attached hydrogens (tertiary/aromatic N) is 2. The number of nitrogens with one attached hydrogen (secondary N) is 2. The number of amidine groups is 1. The van der Waals surface area contributed by atoms with Crippen molar-refractivity contribution in [3.8, 4) is 5.75 Å². The Labute approximate surface area is 150 Å². The predicted molar refractivity (Wildman–Crippen MR) is 103 cm³/mol. The van der Waals surface area contributed by atoms with Crippen LogP contribution in [-0.2, 0) is 0 Å². The number of likely N-dealkylation sites (N-methyl/N-ethyl adjacent to an activating group) is 1. The van der Waals surface area contributed by atoms with Gasteiger partial charge in [0.15, 0.2) is 0 Å². The van der Waals surface area contributed by atoms with E-state index in [4.69, 9.17) is 10.5 Å². The summed E-state index contributed by atoms with van der Waals surface area (Å²) in [6.07, 6.45) is 4.26. The second-order valence-corrected chi connectivity index (χ2v) is 6.49. The predicted octanol–water partition coefficient (Wildman–Crippen LogP) is 1.40. The van der Waals surface area contributed by atoms with Crippen LogP contribution in [0.2, 0.25) is 0 Å². The minimum absolute atomic E-state index is 0.451. The molecule has 0 saturated carbocycles. The molecule has 0 bridgehead atoms. The Morgan fingerprint density at radius 2 is 2.36 bits per heavy atom. The first kappa shape index (κ1) is 17.8. The first-order chi connectivity index (χ1) is 12.3. The lowest BCUT2D eigenvalue weighted by Crippen LogP contribution is -2.48. The van der Waals surface area contributed by atoms with Gasteiger partial charge in [-0.05, 0) is 38.1 Å². The topological polar surface area (TPSA) is 74.9 Å². The normalized spacial score (nSPS) is 20.8. The van der Waals surface area contributed by atoms with Crippen molar-refractivity contribution in [2.75, 3.05) is 39.3 Å². The number of nitrogens with two attached hydrogens (primary N) is 1. The van der Waals surface area contributed by atoms with Gasteiger partial charge in [0.2, 0.25) is 0 Å². The molecule has 4 N–H and O–H groups in total. The van der Waals surface area contributed by atoms with Crippen LogP contribution in [0.4, 0.5) is 0 Å². The van der Waals surface area contributed by atoms with Crippen LogP contribution < -0.4 is 21.1 Å². The van der Waals surface area contributed by atoms with Crippen LogP contribution >= 0.6 is 0 Å². The van der Waals surface area contributed by atoms with E-state index in [1.54, 1.807) is 0 Å². The van der Waals surface area contributed by atoms with Gasteiger partial charge in [0, 0.05) is 24.7 Å². The summed E-state index contributed by atoms with van der Waals surface area (Å²) in [5.74, 6) is 1.56. The fraction of sp³-hybridized carbons (Fsp3) is 0.526. The lowest BCUT2D eigenvalue weighted by Gasteiger charge is -2.39. The molecule has 136 valence electrons. The van der Waals surface area contributed by atoms with Gasteiger partial charge >= 0.3 is 0 Å². The average molecular weight is 343 g/mol. The molecule has 2 heterocycles. The van der Waals surface area contributed by atoms with E-state index >= 15 is 0 Å². The summed E-state index contributed by atoms with van der Waals surface area (Å²) in [5.41, 5.74) is 8.26. The summed E-state index contributed by atoms with van der Waals surface area (Å²) in [6, 6.07) is 8.70. The van der Waals surface area contributed by atoms with Crippen LogP contribution in [0.5, 0.6) is 5.75 Å². The van der Waals surface area contributed by atoms with E-state index in [1.807, 2.05) is 18.3 Å². The molecule has 0 radical (unpaired) electrons. The van der Waals surface area contributed by atoms with Gasteiger partial charge < -0.3 is 26.0 Å². The van der Waals surface area contributed by atoms with Crippen molar-refractivity contribution >= 4 is 11.5 Å². The maximum absolute atomic E-state index is 6.01. The summed E-state index contributed by atoms with van der Waals surface area (Å²) in [7, 11) is 0. The third-order valence-electron chi connectivity index (χ3n) is 4.63. The number of aliphatic imine (C=N–C) groups is 1. The molecule has 25 heavy (non-hydrogen) atoms. The molecule has 0 unspecified atom stereocenters. The Kier molecular flexibility index (Phi) is 6.30. The molecular formula is C19H29N5O. The number of hydrogen-bond acceptors (Lipinski definition) is 6. The molecule has 0 aliphatic carbocycles. The zero-order valence-corrected chi connectivity index (χ0v) is 15.0. The highest BCUT2D eigenvalue weighted by molar-refractivity contribution is 5.87. The molecule has 2 aliphatic heterocycles. The third kappa shape index (κ3) is 4.74. The second-order valence-electron chi connectivity index (χ2n) is 6.49. The quantitative estimate of drug-likeness (QED) is 0.653. The molecule has 1 fully saturated rings. The smallest absolute Gasteiger partial charge is 0.120 e. The first-order valence-electron chi connectivity index (χ1n) is 9.21. The summed E-state index contributed by atoms with van der Waals surface area (Å²) >= 11 is 0. The number of ether oxygens (including phenoxy) is 1. The van der Waals surface area contributed by atoms with E-state index in [2.05, 4.69) is 39.6 Å². The molecule has 1 aromatic rings. The van der Waals surface area contributed by atoms with E-state index in [9.17, 15) is 0 Å². The van der Waals surface area contributed by atoms with Gasteiger partial charge in [-0.1, -0.05) is 19.1 Å². The molecule has 1 aromatic carbocycles. The van der Waals surface area contributed by atoms with Crippen molar-refractivity contribution in [3.63, 3.8) is 0 Å². The van der Waals surface area contributed by atoms with Gasteiger partial charge in [0.1, 0.15) is 18.2 Å². The summed E-state index contributed by atoms with van der Waals surface area (Å²) in [5, 5.41) is 6.76. The number of benzene rings is 1. The molecule has 6 heteroatoms. The molecule has 0 amide bonds. The molecular weight excluding hydrogens is 314 g/mol. The maximum atomic E-state index is 6.01. The fourth-order valence-electron chi connectivity index (χ4n) is 3.35. The highest BCUT2D eigenvalue weighted by atomic mass is 16.5. The Morgan fingerprint density at radius 3 is 3.16 bits per heavy atom. The number of piperidine rings is 1. The zero-order chi connectivity index (χ0) is 17.5. The first-order valence-corrected chi connectivity index (χ1v) is 9.21. The van der Waals surface area contributed by atoms with E-state index in [0.29, 0.717) is 25.0 Å². The largest absolute Gasteiger partial charge is 0.492 e. The number of rotatable bonds is 7. The highest BCUT2D eigenvalue weighted by Crippen LogP contribution is 2.28. The standard InChI is InChI=1S/C19H29N5O/c1-2-21-9-10-25-17-7-3-5-15(11-17)18-13-23-19(20)14-24(18)16-6-4-8-22-12-16/h3,5,7,11,13,16,21-22H,2,4,6,8-10,12,14H2,1H3,(H2,20,23)/t16-/m0/s1. The monoisotopic (exact) mass is 343 g/mol. The van der Waals surface area contributed by atoms with E-state index < -0.39 is 0 Å².